The Morgan fingerprint density at radius 3 is 0.643 bits per heavy atom. The van der Waals surface area contributed by atoms with Crippen molar-refractivity contribution in [3.63, 3.8) is 0 Å². The molecule has 0 aliphatic carbocycles. The van der Waals surface area contributed by atoms with E-state index in [1.807, 2.05) is 0 Å². The van der Waals surface area contributed by atoms with E-state index in [1.165, 1.54) is 77.9 Å². The zero-order valence-corrected chi connectivity index (χ0v) is 39.5. The zero-order valence-electron chi connectivity index (χ0n) is 39.5. The van der Waals surface area contributed by atoms with Gasteiger partial charge >= 0.3 is 0 Å². The van der Waals surface area contributed by atoms with Gasteiger partial charge in [0.15, 0.2) is 0 Å². The van der Waals surface area contributed by atoms with Crippen molar-refractivity contribution in [2.45, 2.75) is 13.8 Å². The lowest BCUT2D eigenvalue weighted by Crippen LogP contribution is -2.10. The highest BCUT2D eigenvalue weighted by molar-refractivity contribution is 5.90. The number of nitrogens with zero attached hydrogens (tertiary/aromatic N) is 2. The van der Waals surface area contributed by atoms with Gasteiger partial charge in [0.25, 0.3) is 0 Å². The summed E-state index contributed by atoms with van der Waals surface area (Å²) in [6.07, 6.45) is 0. The van der Waals surface area contributed by atoms with E-state index in [9.17, 15) is 0 Å². The smallest absolute Gasteiger partial charge is 0.0464 e. The van der Waals surface area contributed by atoms with Crippen molar-refractivity contribution in [3.8, 4) is 66.8 Å². The molecule has 0 bridgehead atoms. The molecule has 0 unspecified atom stereocenters. The molecule has 70 heavy (non-hydrogen) atoms. The molecule has 2 heteroatoms. The van der Waals surface area contributed by atoms with Crippen molar-refractivity contribution in [3.05, 3.63) is 290 Å². The Kier molecular flexibility index (Phi) is 12.3. The number of anilines is 6. The molecule has 334 valence electrons. The zero-order chi connectivity index (χ0) is 47.2. The van der Waals surface area contributed by atoms with Gasteiger partial charge in [0.2, 0.25) is 0 Å². The minimum Gasteiger partial charge on any atom is -0.310 e. The molecule has 0 radical (unpaired) electrons. The second kappa shape index (κ2) is 19.7. The predicted molar refractivity (Wildman–Crippen MR) is 298 cm³/mol. The molecule has 0 atom stereocenters. The third-order valence-electron chi connectivity index (χ3n) is 13.4. The maximum atomic E-state index is 2.37. The van der Waals surface area contributed by atoms with Crippen molar-refractivity contribution in [1.29, 1.82) is 0 Å². The largest absolute Gasteiger partial charge is 0.310 e. The van der Waals surface area contributed by atoms with Crippen LogP contribution >= 0.6 is 0 Å². The molecule has 0 N–H and O–H groups in total. The first kappa shape index (κ1) is 43.6. The second-order valence-corrected chi connectivity index (χ2v) is 17.9. The van der Waals surface area contributed by atoms with E-state index in [0.717, 1.165) is 34.1 Å². The van der Waals surface area contributed by atoms with Crippen molar-refractivity contribution < 1.29 is 0 Å². The van der Waals surface area contributed by atoms with Crippen LogP contribution in [0.5, 0.6) is 0 Å². The topological polar surface area (TPSA) is 6.48 Å². The lowest BCUT2D eigenvalue weighted by atomic mass is 9.89. The molecule has 0 amide bonds. The second-order valence-electron chi connectivity index (χ2n) is 17.9. The molecule has 0 aliphatic heterocycles. The van der Waals surface area contributed by atoms with Crippen LogP contribution in [-0.4, -0.2) is 0 Å². The maximum Gasteiger partial charge on any atom is 0.0464 e. The molecule has 11 aromatic carbocycles. The summed E-state index contributed by atoms with van der Waals surface area (Å²) in [6, 6.07) is 101. The van der Waals surface area contributed by atoms with Gasteiger partial charge in [-0.3, -0.25) is 0 Å². The van der Waals surface area contributed by atoms with Gasteiger partial charge < -0.3 is 9.80 Å². The van der Waals surface area contributed by atoms with Crippen molar-refractivity contribution >= 4 is 34.1 Å². The average Bonchev–Trinajstić information content (AvgIpc) is 3.43. The van der Waals surface area contributed by atoms with Crippen LogP contribution < -0.4 is 9.80 Å². The Labute approximate surface area is 412 Å². The van der Waals surface area contributed by atoms with Crippen molar-refractivity contribution in [2.75, 3.05) is 9.80 Å². The van der Waals surface area contributed by atoms with E-state index < -0.39 is 0 Å². The molecule has 0 spiro atoms. The van der Waals surface area contributed by atoms with E-state index in [4.69, 9.17) is 0 Å². The summed E-state index contributed by atoms with van der Waals surface area (Å²) in [7, 11) is 0. The van der Waals surface area contributed by atoms with E-state index in [0.29, 0.717) is 0 Å². The van der Waals surface area contributed by atoms with Crippen molar-refractivity contribution in [2.24, 2.45) is 0 Å². The minimum atomic E-state index is 1.10. The number of benzene rings is 11. The van der Waals surface area contributed by atoms with E-state index in [2.05, 4.69) is 303 Å². The van der Waals surface area contributed by atoms with Gasteiger partial charge in [0.1, 0.15) is 0 Å². The number of aryl methyl sites for hydroxylation is 2. The quantitative estimate of drug-likeness (QED) is 0.121. The first-order valence-corrected chi connectivity index (χ1v) is 24.1. The van der Waals surface area contributed by atoms with Crippen LogP contribution in [0.2, 0.25) is 0 Å². The summed E-state index contributed by atoms with van der Waals surface area (Å²) in [5.74, 6) is 0. The molecular formula is C68H52N2. The Hall–Kier alpha value is -8.98. The lowest BCUT2D eigenvalue weighted by molar-refractivity contribution is 1.27. The van der Waals surface area contributed by atoms with E-state index in [1.54, 1.807) is 0 Å². The van der Waals surface area contributed by atoms with Crippen molar-refractivity contribution in [1.82, 2.24) is 0 Å². The van der Waals surface area contributed by atoms with Crippen LogP contribution in [-0.2, 0) is 0 Å². The van der Waals surface area contributed by atoms with Gasteiger partial charge in [-0.2, -0.15) is 0 Å². The molecular weight excluding hydrogens is 845 g/mol. The minimum absolute atomic E-state index is 1.10. The third-order valence-corrected chi connectivity index (χ3v) is 13.4. The highest BCUT2D eigenvalue weighted by Gasteiger charge is 2.19. The molecule has 11 rings (SSSR count). The van der Waals surface area contributed by atoms with Crippen LogP contribution in [0.3, 0.4) is 0 Å². The van der Waals surface area contributed by atoms with Gasteiger partial charge in [-0.25, -0.2) is 0 Å². The van der Waals surface area contributed by atoms with Crippen LogP contribution in [0.25, 0.3) is 66.8 Å². The Balaban J connectivity index is 0.941. The van der Waals surface area contributed by atoms with Crippen LogP contribution in [0, 0.1) is 13.8 Å². The van der Waals surface area contributed by atoms with Gasteiger partial charge in [0, 0.05) is 34.1 Å². The van der Waals surface area contributed by atoms with E-state index >= 15 is 0 Å². The van der Waals surface area contributed by atoms with Gasteiger partial charge in [0.05, 0.1) is 0 Å². The van der Waals surface area contributed by atoms with Crippen LogP contribution in [0.4, 0.5) is 34.1 Å². The lowest BCUT2D eigenvalue weighted by Gasteiger charge is -2.27. The average molecular weight is 897 g/mol. The highest BCUT2D eigenvalue weighted by atomic mass is 15.1. The fourth-order valence-electron chi connectivity index (χ4n) is 9.76. The van der Waals surface area contributed by atoms with Gasteiger partial charge in [-0.1, -0.05) is 206 Å². The molecule has 0 aromatic heterocycles. The van der Waals surface area contributed by atoms with E-state index in [-0.39, 0.29) is 0 Å². The van der Waals surface area contributed by atoms with Gasteiger partial charge in [-0.15, -0.1) is 0 Å². The summed E-state index contributed by atoms with van der Waals surface area (Å²) in [4.78, 5) is 4.73. The molecule has 11 aromatic rings. The summed E-state index contributed by atoms with van der Waals surface area (Å²) in [5.41, 5.74) is 23.4. The Morgan fingerprint density at radius 1 is 0.186 bits per heavy atom. The first-order chi connectivity index (χ1) is 34.5. The first-order valence-electron chi connectivity index (χ1n) is 24.1. The molecule has 0 saturated heterocycles. The Bertz CT molecular complexity index is 3090. The number of hydrogen-bond donors (Lipinski definition) is 0. The van der Waals surface area contributed by atoms with Crippen LogP contribution in [0.15, 0.2) is 279 Å². The summed E-state index contributed by atoms with van der Waals surface area (Å²) < 4.78 is 0. The predicted octanol–water partition coefficient (Wildman–Crippen LogP) is 19.2. The normalized spacial score (nSPS) is 11.0. The number of hydrogen-bond acceptors (Lipinski definition) is 2. The standard InChI is InChI=1S/C68H52N2/c1-49-47-63(69(59-35-27-55(28-36-59)51-17-7-3-8-18-51)60-37-29-56(30-38-60)52-19-9-4-10-20-52)43-45-65(49)67-25-15-16-26-68(67)66-46-44-64(48-50(66)2)70(61-39-31-57(32-40-61)53-21-11-5-12-22-53)62-41-33-58(34-42-62)54-23-13-6-14-24-54/h3-48H,1-2H3. The number of rotatable bonds is 12. The molecule has 0 heterocycles. The maximum absolute atomic E-state index is 2.37. The summed E-state index contributed by atoms with van der Waals surface area (Å²) >= 11 is 0. The highest BCUT2D eigenvalue weighted by Crippen LogP contribution is 2.43. The van der Waals surface area contributed by atoms with Gasteiger partial charge in [-0.05, 0) is 165 Å². The SMILES string of the molecule is Cc1cc(N(c2ccc(-c3ccccc3)cc2)c2ccc(-c3ccccc3)cc2)ccc1-c1ccccc1-c1ccc(N(c2ccc(-c3ccccc3)cc2)c2ccc(-c3ccccc3)cc2)cc1C. The molecule has 0 aliphatic rings. The Morgan fingerprint density at radius 2 is 0.400 bits per heavy atom. The molecule has 0 saturated carbocycles. The fraction of sp³-hybridized carbons (Fsp3) is 0.0294. The summed E-state index contributed by atoms with van der Waals surface area (Å²) in [6.45, 7) is 4.48. The van der Waals surface area contributed by atoms with Crippen LogP contribution in [0.1, 0.15) is 11.1 Å². The third kappa shape index (κ3) is 9.07. The fourth-order valence-corrected chi connectivity index (χ4v) is 9.76. The monoisotopic (exact) mass is 896 g/mol. The molecule has 0 fully saturated rings. The summed E-state index contributed by atoms with van der Waals surface area (Å²) in [5, 5.41) is 0. The molecule has 2 nitrogen and oxygen atoms in total.